The Kier molecular flexibility index (Phi) is 5.25. The van der Waals surface area contributed by atoms with Gasteiger partial charge in [0, 0.05) is 0 Å². The summed E-state index contributed by atoms with van der Waals surface area (Å²) in [7, 11) is 0. The summed E-state index contributed by atoms with van der Waals surface area (Å²) in [5.41, 5.74) is 6.22. The fourth-order valence-corrected chi connectivity index (χ4v) is 1.33. The third-order valence-electron chi connectivity index (χ3n) is 2.31. The summed E-state index contributed by atoms with van der Waals surface area (Å²) >= 11 is 0. The maximum Gasteiger partial charge on any atom is 0.119 e. The van der Waals surface area contributed by atoms with Crippen LogP contribution < -0.4 is 10.5 Å². The summed E-state index contributed by atoms with van der Waals surface area (Å²) in [5, 5.41) is 18.6. The second-order valence-corrected chi connectivity index (χ2v) is 3.71. The van der Waals surface area contributed by atoms with Crippen LogP contribution in [-0.4, -0.2) is 29.5 Å². The molecule has 0 amide bonds. The molecule has 1 aromatic carbocycles. The van der Waals surface area contributed by atoms with Crippen LogP contribution in [0.5, 0.6) is 5.75 Å². The molecule has 0 aliphatic rings. The monoisotopic (exact) mass is 225 g/mol. The van der Waals surface area contributed by atoms with Crippen LogP contribution in [0.2, 0.25) is 0 Å². The summed E-state index contributed by atoms with van der Waals surface area (Å²) in [5.74, 6) is 0.773. The van der Waals surface area contributed by atoms with E-state index >= 15 is 0 Å². The van der Waals surface area contributed by atoms with E-state index in [0.717, 1.165) is 12.2 Å². The number of nitrogens with two attached hydrogens (primary N) is 1. The molecule has 1 rings (SSSR count). The van der Waals surface area contributed by atoms with Gasteiger partial charge >= 0.3 is 0 Å². The standard InChI is InChI=1S/C12H19NO3/c1-2-7-16-10-5-3-9(4-6-10)12(15)11(13)8-14/h3-6,11-12,14-15H,2,7-8,13H2,1H3. The van der Waals surface area contributed by atoms with Gasteiger partial charge in [-0.1, -0.05) is 19.1 Å². The SMILES string of the molecule is CCCOc1ccc(C(O)C(N)CO)cc1. The minimum Gasteiger partial charge on any atom is -0.494 e. The van der Waals surface area contributed by atoms with E-state index in [1.165, 1.54) is 0 Å². The topological polar surface area (TPSA) is 75.7 Å². The predicted octanol–water partition coefficient (Wildman–Crippen LogP) is 0.828. The van der Waals surface area contributed by atoms with Gasteiger partial charge in [-0.25, -0.2) is 0 Å². The Morgan fingerprint density at radius 2 is 1.94 bits per heavy atom. The van der Waals surface area contributed by atoms with Crippen molar-refractivity contribution in [1.29, 1.82) is 0 Å². The van der Waals surface area contributed by atoms with Crippen molar-refractivity contribution >= 4 is 0 Å². The van der Waals surface area contributed by atoms with Crippen LogP contribution in [0.4, 0.5) is 0 Å². The van der Waals surface area contributed by atoms with Crippen molar-refractivity contribution in [3.63, 3.8) is 0 Å². The van der Waals surface area contributed by atoms with Gasteiger partial charge in [0.1, 0.15) is 5.75 Å². The van der Waals surface area contributed by atoms with Gasteiger partial charge < -0.3 is 20.7 Å². The third-order valence-corrected chi connectivity index (χ3v) is 2.31. The molecule has 0 heterocycles. The third kappa shape index (κ3) is 3.48. The summed E-state index contributed by atoms with van der Waals surface area (Å²) < 4.78 is 5.41. The van der Waals surface area contributed by atoms with E-state index in [1.54, 1.807) is 24.3 Å². The average molecular weight is 225 g/mol. The quantitative estimate of drug-likeness (QED) is 0.670. The van der Waals surface area contributed by atoms with Crippen LogP contribution >= 0.6 is 0 Å². The molecule has 0 spiro atoms. The van der Waals surface area contributed by atoms with Gasteiger partial charge in [-0.3, -0.25) is 0 Å². The van der Waals surface area contributed by atoms with Crippen LogP contribution in [0.1, 0.15) is 25.0 Å². The minimum atomic E-state index is -0.842. The van der Waals surface area contributed by atoms with E-state index in [4.69, 9.17) is 15.6 Å². The van der Waals surface area contributed by atoms with E-state index in [-0.39, 0.29) is 6.61 Å². The first kappa shape index (κ1) is 13.0. The van der Waals surface area contributed by atoms with Crippen LogP contribution in [-0.2, 0) is 0 Å². The van der Waals surface area contributed by atoms with Crippen LogP contribution in [0.3, 0.4) is 0 Å². The highest BCUT2D eigenvalue weighted by Gasteiger charge is 2.15. The normalized spacial score (nSPS) is 14.5. The summed E-state index contributed by atoms with van der Waals surface area (Å²) in [6, 6.07) is 6.44. The Morgan fingerprint density at radius 1 is 1.31 bits per heavy atom. The van der Waals surface area contributed by atoms with Crippen molar-refractivity contribution in [2.24, 2.45) is 5.73 Å². The van der Waals surface area contributed by atoms with E-state index in [2.05, 4.69) is 0 Å². The molecule has 16 heavy (non-hydrogen) atoms. The van der Waals surface area contributed by atoms with Gasteiger partial charge in [-0.15, -0.1) is 0 Å². The molecular formula is C12H19NO3. The first-order chi connectivity index (χ1) is 7.69. The number of aliphatic hydroxyl groups is 2. The van der Waals surface area contributed by atoms with Crippen molar-refractivity contribution in [2.45, 2.75) is 25.5 Å². The molecule has 2 atom stereocenters. The van der Waals surface area contributed by atoms with Gasteiger partial charge in [0.05, 0.1) is 25.4 Å². The number of aliphatic hydroxyl groups excluding tert-OH is 2. The first-order valence-electron chi connectivity index (χ1n) is 5.46. The van der Waals surface area contributed by atoms with Gasteiger partial charge in [0.2, 0.25) is 0 Å². The van der Waals surface area contributed by atoms with Crippen molar-refractivity contribution in [3.05, 3.63) is 29.8 Å². The predicted molar refractivity (Wildman–Crippen MR) is 62.2 cm³/mol. The smallest absolute Gasteiger partial charge is 0.119 e. The molecule has 0 bridgehead atoms. The van der Waals surface area contributed by atoms with Crippen molar-refractivity contribution in [3.8, 4) is 5.75 Å². The lowest BCUT2D eigenvalue weighted by Crippen LogP contribution is -2.31. The Labute approximate surface area is 95.7 Å². The van der Waals surface area contributed by atoms with E-state index in [9.17, 15) is 5.11 Å². The largest absolute Gasteiger partial charge is 0.494 e. The Balaban J connectivity index is 2.63. The van der Waals surface area contributed by atoms with Crippen LogP contribution in [0.25, 0.3) is 0 Å². The highest BCUT2D eigenvalue weighted by atomic mass is 16.5. The molecule has 0 aliphatic carbocycles. The number of ether oxygens (including phenoxy) is 1. The molecule has 4 N–H and O–H groups in total. The second-order valence-electron chi connectivity index (χ2n) is 3.71. The number of hydrogen-bond donors (Lipinski definition) is 3. The molecule has 90 valence electrons. The Hall–Kier alpha value is -1.10. The number of benzene rings is 1. The maximum atomic E-state index is 9.73. The molecule has 0 radical (unpaired) electrons. The second kappa shape index (κ2) is 6.48. The molecule has 2 unspecified atom stereocenters. The van der Waals surface area contributed by atoms with Crippen molar-refractivity contribution in [2.75, 3.05) is 13.2 Å². The molecule has 4 nitrogen and oxygen atoms in total. The fraction of sp³-hybridized carbons (Fsp3) is 0.500. The number of hydrogen-bond acceptors (Lipinski definition) is 4. The van der Waals surface area contributed by atoms with Crippen LogP contribution in [0, 0.1) is 0 Å². The summed E-state index contributed by atoms with van der Waals surface area (Å²) in [6.07, 6.45) is 0.116. The summed E-state index contributed by atoms with van der Waals surface area (Å²) in [6.45, 7) is 2.48. The maximum absolute atomic E-state index is 9.73. The molecule has 0 aliphatic heterocycles. The van der Waals surface area contributed by atoms with Gasteiger partial charge in [0.25, 0.3) is 0 Å². The highest BCUT2D eigenvalue weighted by molar-refractivity contribution is 5.29. The van der Waals surface area contributed by atoms with Gasteiger partial charge in [-0.05, 0) is 24.1 Å². The Bertz CT molecular complexity index is 300. The lowest BCUT2D eigenvalue weighted by atomic mass is 10.0. The van der Waals surface area contributed by atoms with E-state index in [1.807, 2.05) is 6.92 Å². The lowest BCUT2D eigenvalue weighted by Gasteiger charge is -2.17. The molecule has 0 fully saturated rings. The van der Waals surface area contributed by atoms with E-state index in [0.29, 0.717) is 12.2 Å². The molecule has 4 heteroatoms. The molecule has 0 saturated heterocycles. The molecule has 1 aromatic rings. The van der Waals surface area contributed by atoms with Gasteiger partial charge in [0.15, 0.2) is 0 Å². The van der Waals surface area contributed by atoms with Gasteiger partial charge in [-0.2, -0.15) is 0 Å². The van der Waals surface area contributed by atoms with Crippen LogP contribution in [0.15, 0.2) is 24.3 Å². The van der Waals surface area contributed by atoms with Crippen molar-refractivity contribution < 1.29 is 14.9 Å². The zero-order valence-corrected chi connectivity index (χ0v) is 9.47. The molecule has 0 saturated carbocycles. The zero-order chi connectivity index (χ0) is 12.0. The van der Waals surface area contributed by atoms with E-state index < -0.39 is 12.1 Å². The zero-order valence-electron chi connectivity index (χ0n) is 9.47. The van der Waals surface area contributed by atoms with Crippen molar-refractivity contribution in [1.82, 2.24) is 0 Å². The Morgan fingerprint density at radius 3 is 2.44 bits per heavy atom. The average Bonchev–Trinajstić information content (AvgIpc) is 2.35. The fourth-order valence-electron chi connectivity index (χ4n) is 1.33. The molecule has 0 aromatic heterocycles. The first-order valence-corrected chi connectivity index (χ1v) is 5.46. The highest BCUT2D eigenvalue weighted by Crippen LogP contribution is 2.19. The minimum absolute atomic E-state index is 0.241. The number of rotatable bonds is 6. The lowest BCUT2D eigenvalue weighted by molar-refractivity contribution is 0.109. The summed E-state index contributed by atoms with van der Waals surface area (Å²) in [4.78, 5) is 0. The molecular weight excluding hydrogens is 206 g/mol.